The summed E-state index contributed by atoms with van der Waals surface area (Å²) in [6.45, 7) is 1.96. The molecule has 0 fully saturated rings. The molecule has 1 aromatic carbocycles. The molecule has 0 heterocycles. The zero-order valence-corrected chi connectivity index (χ0v) is 12.1. The van der Waals surface area contributed by atoms with Crippen molar-refractivity contribution in [1.82, 2.24) is 0 Å². The second-order valence-corrected chi connectivity index (χ2v) is 5.20. The number of halogens is 4. The van der Waals surface area contributed by atoms with E-state index in [-0.39, 0.29) is 6.61 Å². The molecule has 0 aliphatic carbocycles. The quantitative estimate of drug-likeness (QED) is 0.595. The molecule has 0 N–H and O–H groups in total. The maximum atomic E-state index is 13.0. The van der Waals surface area contributed by atoms with Crippen molar-refractivity contribution in [2.45, 2.75) is 16.6 Å². The van der Waals surface area contributed by atoms with Crippen LogP contribution in [0.5, 0.6) is 0 Å². The lowest BCUT2D eigenvalue weighted by Gasteiger charge is -2.15. The molecular formula is C11H10Br2F2O2. The van der Waals surface area contributed by atoms with Crippen molar-refractivity contribution < 1.29 is 18.3 Å². The molecular weight excluding hydrogens is 362 g/mol. The highest BCUT2D eigenvalue weighted by Gasteiger charge is 2.26. The Bertz CT molecular complexity index is 412. The van der Waals surface area contributed by atoms with Crippen molar-refractivity contribution in [2.75, 3.05) is 6.61 Å². The summed E-state index contributed by atoms with van der Waals surface area (Å²) in [6, 6.07) is 3.47. The zero-order valence-electron chi connectivity index (χ0n) is 8.92. The fraction of sp³-hybridized carbons (Fsp3) is 0.364. The lowest BCUT2D eigenvalue weighted by atomic mass is 10.1. The molecule has 6 heteroatoms. The number of carbonyl (C=O) groups is 1. The summed E-state index contributed by atoms with van der Waals surface area (Å²) >= 11 is 6.40. The molecule has 0 aromatic heterocycles. The van der Waals surface area contributed by atoms with Gasteiger partial charge in [-0.3, -0.25) is 4.79 Å². The number of hydrogen-bond acceptors (Lipinski definition) is 2. The Morgan fingerprint density at radius 1 is 1.35 bits per heavy atom. The second kappa shape index (κ2) is 6.44. The Kier molecular flexibility index (Phi) is 5.52. The van der Waals surface area contributed by atoms with Gasteiger partial charge in [-0.1, -0.05) is 37.9 Å². The Hall–Kier alpha value is -0.490. The number of ether oxygens (including phenoxy) is 1. The summed E-state index contributed by atoms with van der Waals surface area (Å²) < 4.78 is 30.6. The highest BCUT2D eigenvalue weighted by Crippen LogP contribution is 2.32. The Morgan fingerprint density at radius 3 is 2.53 bits per heavy atom. The van der Waals surface area contributed by atoms with Crippen molar-refractivity contribution in [2.24, 2.45) is 0 Å². The van der Waals surface area contributed by atoms with E-state index in [0.717, 1.165) is 12.1 Å². The van der Waals surface area contributed by atoms with E-state index in [0.29, 0.717) is 5.56 Å². The molecule has 17 heavy (non-hydrogen) atoms. The van der Waals surface area contributed by atoms with Gasteiger partial charge in [0, 0.05) is 0 Å². The monoisotopic (exact) mass is 370 g/mol. The van der Waals surface area contributed by atoms with Gasteiger partial charge in [-0.05, 0) is 24.6 Å². The first-order valence-electron chi connectivity index (χ1n) is 4.87. The summed E-state index contributed by atoms with van der Waals surface area (Å²) in [4.78, 5) is 10.3. The standard InChI is InChI=1S/C11H10Br2F2O2/c1-2-17-11(16)10(13)9(12)6-3-4-7(14)8(15)5-6/h3-5,9-10H,2H2,1H3. The molecule has 94 valence electrons. The minimum Gasteiger partial charge on any atom is -0.465 e. The number of alkyl halides is 2. The molecule has 0 radical (unpaired) electrons. The maximum absolute atomic E-state index is 13.0. The predicted molar refractivity (Wildman–Crippen MR) is 67.4 cm³/mol. The fourth-order valence-corrected chi connectivity index (χ4v) is 2.13. The molecule has 0 bridgehead atoms. The SMILES string of the molecule is CCOC(=O)C(Br)C(Br)c1ccc(F)c(F)c1. The van der Waals surface area contributed by atoms with E-state index in [2.05, 4.69) is 31.9 Å². The number of carbonyl (C=O) groups excluding carboxylic acids is 1. The third kappa shape index (κ3) is 3.74. The lowest BCUT2D eigenvalue weighted by Crippen LogP contribution is -2.21. The Morgan fingerprint density at radius 2 is 2.00 bits per heavy atom. The van der Waals surface area contributed by atoms with Crippen LogP contribution in [0.15, 0.2) is 18.2 Å². The molecule has 2 unspecified atom stereocenters. The molecule has 0 spiro atoms. The number of hydrogen-bond donors (Lipinski definition) is 0. The van der Waals surface area contributed by atoms with E-state index < -0.39 is 27.3 Å². The minimum absolute atomic E-state index is 0.262. The highest BCUT2D eigenvalue weighted by atomic mass is 79.9. The van der Waals surface area contributed by atoms with Gasteiger partial charge in [-0.2, -0.15) is 0 Å². The van der Waals surface area contributed by atoms with E-state index in [9.17, 15) is 13.6 Å². The Labute approximate surface area is 115 Å². The van der Waals surface area contributed by atoms with Gasteiger partial charge < -0.3 is 4.74 Å². The molecule has 0 saturated carbocycles. The van der Waals surface area contributed by atoms with Crippen LogP contribution < -0.4 is 0 Å². The first-order chi connectivity index (χ1) is 7.97. The number of rotatable bonds is 4. The van der Waals surface area contributed by atoms with Gasteiger partial charge in [0.05, 0.1) is 11.4 Å². The minimum atomic E-state index is -0.949. The molecule has 2 atom stereocenters. The predicted octanol–water partition coefficient (Wildman–Crippen LogP) is 3.73. The van der Waals surface area contributed by atoms with Crippen LogP contribution in [0.4, 0.5) is 8.78 Å². The summed E-state index contributed by atoms with van der Waals surface area (Å²) in [5.41, 5.74) is 0.457. The number of benzene rings is 1. The normalized spacial score (nSPS) is 14.2. The van der Waals surface area contributed by atoms with Crippen molar-refractivity contribution >= 4 is 37.8 Å². The van der Waals surface area contributed by atoms with Crippen LogP contribution in [0.1, 0.15) is 17.3 Å². The summed E-state index contributed by atoms with van der Waals surface area (Å²) in [5, 5.41) is 0. The van der Waals surface area contributed by atoms with E-state index in [1.807, 2.05) is 0 Å². The summed E-state index contributed by atoms with van der Waals surface area (Å²) in [5.74, 6) is -2.33. The first kappa shape index (κ1) is 14.6. The lowest BCUT2D eigenvalue weighted by molar-refractivity contribution is -0.142. The van der Waals surface area contributed by atoms with Gasteiger partial charge in [-0.15, -0.1) is 0 Å². The molecule has 0 aliphatic heterocycles. The van der Waals surface area contributed by atoms with Crippen LogP contribution in [0.2, 0.25) is 0 Å². The molecule has 0 amide bonds. The van der Waals surface area contributed by atoms with Crippen molar-refractivity contribution in [3.63, 3.8) is 0 Å². The van der Waals surface area contributed by atoms with Crippen LogP contribution in [-0.4, -0.2) is 17.4 Å². The molecule has 0 saturated heterocycles. The van der Waals surface area contributed by atoms with Gasteiger partial charge in [-0.25, -0.2) is 8.78 Å². The van der Waals surface area contributed by atoms with Crippen molar-refractivity contribution in [3.05, 3.63) is 35.4 Å². The van der Waals surface area contributed by atoms with Crippen LogP contribution in [-0.2, 0) is 9.53 Å². The van der Waals surface area contributed by atoms with E-state index in [1.54, 1.807) is 6.92 Å². The highest BCUT2D eigenvalue weighted by molar-refractivity contribution is 9.12. The topological polar surface area (TPSA) is 26.3 Å². The average Bonchev–Trinajstić information content (AvgIpc) is 2.31. The summed E-state index contributed by atoms with van der Waals surface area (Å²) in [7, 11) is 0. The van der Waals surface area contributed by atoms with Gasteiger partial charge in [0.25, 0.3) is 0 Å². The largest absolute Gasteiger partial charge is 0.465 e. The summed E-state index contributed by atoms with van der Waals surface area (Å²) in [6.07, 6.45) is 0. The van der Waals surface area contributed by atoms with E-state index >= 15 is 0 Å². The Balaban J connectivity index is 2.84. The molecule has 2 nitrogen and oxygen atoms in total. The van der Waals surface area contributed by atoms with Crippen LogP contribution in [0.3, 0.4) is 0 Å². The van der Waals surface area contributed by atoms with Gasteiger partial charge >= 0.3 is 5.97 Å². The molecule has 0 aliphatic rings. The van der Waals surface area contributed by atoms with E-state index in [1.165, 1.54) is 6.07 Å². The third-order valence-corrected chi connectivity index (χ3v) is 4.70. The van der Waals surface area contributed by atoms with Gasteiger partial charge in [0.1, 0.15) is 4.83 Å². The van der Waals surface area contributed by atoms with E-state index in [4.69, 9.17) is 4.74 Å². The smallest absolute Gasteiger partial charge is 0.321 e. The van der Waals surface area contributed by atoms with Gasteiger partial charge in [0.2, 0.25) is 0 Å². The maximum Gasteiger partial charge on any atom is 0.321 e. The van der Waals surface area contributed by atoms with Crippen molar-refractivity contribution in [3.8, 4) is 0 Å². The zero-order chi connectivity index (χ0) is 13.0. The average molecular weight is 372 g/mol. The van der Waals surface area contributed by atoms with Crippen LogP contribution in [0, 0.1) is 11.6 Å². The third-order valence-electron chi connectivity index (χ3n) is 2.03. The second-order valence-electron chi connectivity index (χ2n) is 3.23. The fourth-order valence-electron chi connectivity index (χ4n) is 1.19. The molecule has 1 aromatic rings. The number of esters is 1. The van der Waals surface area contributed by atoms with Gasteiger partial charge in [0.15, 0.2) is 11.6 Å². The van der Waals surface area contributed by atoms with Crippen LogP contribution in [0.25, 0.3) is 0 Å². The molecule has 1 rings (SSSR count). The van der Waals surface area contributed by atoms with Crippen LogP contribution >= 0.6 is 31.9 Å². The first-order valence-corrected chi connectivity index (χ1v) is 6.70. The van der Waals surface area contributed by atoms with Crippen molar-refractivity contribution in [1.29, 1.82) is 0 Å².